The monoisotopic (exact) mass is 801 g/mol. The third-order valence-electron chi connectivity index (χ3n) is 10.1. The average Bonchev–Trinajstić information content (AvgIpc) is 3.53. The van der Waals surface area contributed by atoms with E-state index in [-0.39, 0.29) is 5.82 Å². The molecule has 1 N–H and O–H groups in total. The molecule has 0 bridgehead atoms. The maximum atomic E-state index is 13.3. The Kier molecular flexibility index (Phi) is 15.7. The Balaban J connectivity index is 0.00000166. The summed E-state index contributed by atoms with van der Waals surface area (Å²) in [6.07, 6.45) is 6.74. The fourth-order valence-corrected chi connectivity index (χ4v) is 9.26. The van der Waals surface area contributed by atoms with Crippen LogP contribution in [0.3, 0.4) is 0 Å². The van der Waals surface area contributed by atoms with Gasteiger partial charge >= 0.3 is 0 Å². The minimum absolute atomic E-state index is 0.181. The molecule has 2 aliphatic rings. The average molecular weight is 802 g/mol. The number of unbranched alkanes of at least 4 members (excludes halogenated alkanes) is 2. The van der Waals surface area contributed by atoms with Crippen LogP contribution in [0.25, 0.3) is 10.2 Å². The van der Waals surface area contributed by atoms with Crippen molar-refractivity contribution in [2.75, 3.05) is 69.7 Å². The first-order valence-corrected chi connectivity index (χ1v) is 21.8. The summed E-state index contributed by atoms with van der Waals surface area (Å²) >= 11 is 8.74. The molecule has 2 aliphatic heterocycles. The summed E-state index contributed by atoms with van der Waals surface area (Å²) in [5.41, 5.74) is 6.11. The number of para-hydroxylation sites is 2. The number of anilines is 2. The van der Waals surface area contributed by atoms with Gasteiger partial charge in [0.1, 0.15) is 5.82 Å². The molecule has 0 amide bonds. The maximum Gasteiger partial charge on any atom is 0.179 e. The van der Waals surface area contributed by atoms with Gasteiger partial charge in [-0.15, -0.1) is 11.3 Å². The smallest absolute Gasteiger partial charge is 0.179 e. The fourth-order valence-electron chi connectivity index (χ4n) is 7.21. The molecule has 7 rings (SSSR count). The van der Waals surface area contributed by atoms with Gasteiger partial charge in [-0.05, 0) is 129 Å². The van der Waals surface area contributed by atoms with Crippen LogP contribution in [0, 0.1) is 9.77 Å². The molecular formula is C44H56FN5O2S3. The van der Waals surface area contributed by atoms with Crippen LogP contribution >= 0.6 is 35.6 Å². The van der Waals surface area contributed by atoms with Crippen molar-refractivity contribution in [2.45, 2.75) is 70.4 Å². The van der Waals surface area contributed by atoms with E-state index in [2.05, 4.69) is 99.1 Å². The van der Waals surface area contributed by atoms with E-state index >= 15 is 0 Å². The van der Waals surface area contributed by atoms with E-state index in [4.69, 9.17) is 21.1 Å². The van der Waals surface area contributed by atoms with Crippen molar-refractivity contribution in [3.05, 3.63) is 106 Å². The normalized spacial score (nSPS) is 14.7. The number of ether oxygens (including phenoxy) is 1. The molecule has 0 saturated carbocycles. The van der Waals surface area contributed by atoms with Gasteiger partial charge in [0, 0.05) is 58.0 Å². The second-order valence-corrected chi connectivity index (χ2v) is 16.8. The van der Waals surface area contributed by atoms with Crippen molar-refractivity contribution in [1.82, 2.24) is 14.4 Å². The lowest BCUT2D eigenvalue weighted by atomic mass is 9.98. The third kappa shape index (κ3) is 11.5. The van der Waals surface area contributed by atoms with Crippen molar-refractivity contribution in [3.8, 4) is 11.5 Å². The zero-order chi connectivity index (χ0) is 38.4. The minimum Gasteiger partial charge on any atom is -0.493 e. The van der Waals surface area contributed by atoms with Crippen LogP contribution < -0.4 is 19.1 Å². The molecular weight excluding hydrogens is 746 g/mol. The van der Waals surface area contributed by atoms with Gasteiger partial charge in [0.15, 0.2) is 15.5 Å². The predicted octanol–water partition coefficient (Wildman–Crippen LogP) is 10.9. The lowest BCUT2D eigenvalue weighted by Gasteiger charge is -2.36. The third-order valence-corrected chi connectivity index (χ3v) is 12.4. The molecule has 0 unspecified atom stereocenters. The van der Waals surface area contributed by atoms with Crippen molar-refractivity contribution in [1.29, 1.82) is 0 Å². The number of halogens is 1. The lowest BCUT2D eigenvalue weighted by Crippen LogP contribution is -2.46. The molecule has 0 radical (unpaired) electrons. The Hall–Kier alpha value is -3.61. The molecule has 1 aromatic heterocycles. The number of piperazine rings is 1. The molecule has 1 fully saturated rings. The van der Waals surface area contributed by atoms with Gasteiger partial charge in [0.05, 0.1) is 40.0 Å². The molecule has 0 aliphatic carbocycles. The first-order valence-electron chi connectivity index (χ1n) is 19.9. The van der Waals surface area contributed by atoms with E-state index in [1.54, 1.807) is 30.6 Å². The van der Waals surface area contributed by atoms with Crippen LogP contribution in [0.4, 0.5) is 15.8 Å². The zero-order valence-electron chi connectivity index (χ0n) is 32.6. The first kappa shape index (κ1) is 41.0. The number of fused-ring (bicyclic) bond motifs is 2. The van der Waals surface area contributed by atoms with Crippen LogP contribution in [-0.4, -0.2) is 73.8 Å². The number of hydrogen-bond donors (Lipinski definition) is 1. The summed E-state index contributed by atoms with van der Waals surface area (Å²) in [6, 6.07) is 28.1. The van der Waals surface area contributed by atoms with Crippen molar-refractivity contribution >= 4 is 57.2 Å². The summed E-state index contributed by atoms with van der Waals surface area (Å²) in [5, 5.41) is 3.64. The Bertz CT molecular complexity index is 1990. The van der Waals surface area contributed by atoms with Crippen molar-refractivity contribution in [3.63, 3.8) is 0 Å². The van der Waals surface area contributed by atoms with Gasteiger partial charge in [0.2, 0.25) is 0 Å². The summed E-state index contributed by atoms with van der Waals surface area (Å²) in [6.45, 7) is 14.3. The first-order chi connectivity index (χ1) is 26.9. The summed E-state index contributed by atoms with van der Waals surface area (Å²) < 4.78 is 30.0. The standard InChI is InChI=1S/C41H48FN5O2S3.C3H8/c1-48-37-29-32-30-45(21-8-9-22-47-36-11-3-5-13-40(36)51-41(47)50)23-18-31(32)28-38(37)49-52-39-12-4-2-10-35(39)43-19-6-7-20-44-24-26-46(27-25-44)34-16-14-33(42)15-17-34;1-3-2/h2-5,10-17,28-29,43H,6-9,18-27,30H2,1H3;3H2,1-2H3. The fraction of sp³-hybridized carbons (Fsp3) is 0.432. The summed E-state index contributed by atoms with van der Waals surface area (Å²) in [7, 11) is 1.72. The number of nitrogens with one attached hydrogen (secondary N) is 1. The number of hydrogen-bond acceptors (Lipinski definition) is 9. The molecule has 3 heterocycles. The van der Waals surface area contributed by atoms with Crippen molar-refractivity contribution in [2.24, 2.45) is 0 Å². The van der Waals surface area contributed by atoms with Crippen LogP contribution in [0.15, 0.2) is 89.8 Å². The number of methoxy groups -OCH3 is 1. The summed E-state index contributed by atoms with van der Waals surface area (Å²) in [5.74, 6) is 1.37. The van der Waals surface area contributed by atoms with Gasteiger partial charge in [-0.25, -0.2) is 4.39 Å². The largest absolute Gasteiger partial charge is 0.493 e. The molecule has 0 atom stereocenters. The molecule has 294 valence electrons. The molecule has 4 aromatic carbocycles. The maximum absolute atomic E-state index is 13.3. The quantitative estimate of drug-likeness (QED) is 0.0601. The van der Waals surface area contributed by atoms with Gasteiger partial charge in [-0.1, -0.05) is 44.5 Å². The van der Waals surface area contributed by atoms with Gasteiger partial charge in [-0.2, -0.15) is 0 Å². The van der Waals surface area contributed by atoms with Crippen molar-refractivity contribution < 1.29 is 13.3 Å². The highest BCUT2D eigenvalue weighted by atomic mass is 32.2. The highest BCUT2D eigenvalue weighted by Gasteiger charge is 2.21. The molecule has 1 saturated heterocycles. The molecule has 7 nitrogen and oxygen atoms in total. The molecule has 5 aromatic rings. The van der Waals surface area contributed by atoms with Gasteiger partial charge in [0.25, 0.3) is 0 Å². The van der Waals surface area contributed by atoms with E-state index in [1.165, 1.54) is 39.8 Å². The van der Waals surface area contributed by atoms with E-state index in [1.807, 2.05) is 12.1 Å². The molecule has 55 heavy (non-hydrogen) atoms. The van der Waals surface area contributed by atoms with Crippen LogP contribution in [-0.2, 0) is 19.5 Å². The van der Waals surface area contributed by atoms with E-state index in [0.717, 1.165) is 129 Å². The lowest BCUT2D eigenvalue weighted by molar-refractivity contribution is 0.246. The number of aromatic nitrogens is 1. The minimum atomic E-state index is -0.181. The highest BCUT2D eigenvalue weighted by Crippen LogP contribution is 2.38. The van der Waals surface area contributed by atoms with E-state index in [9.17, 15) is 4.39 Å². The predicted molar refractivity (Wildman–Crippen MR) is 234 cm³/mol. The van der Waals surface area contributed by atoms with Gasteiger partial charge in [-0.3, -0.25) is 9.80 Å². The number of thiazole rings is 1. The second-order valence-electron chi connectivity index (χ2n) is 14.3. The zero-order valence-corrected chi connectivity index (χ0v) is 35.1. The number of aryl methyl sites for hydroxylation is 1. The molecule has 11 heteroatoms. The topological polar surface area (TPSA) is 45.1 Å². The highest BCUT2D eigenvalue weighted by molar-refractivity contribution is 7.95. The van der Waals surface area contributed by atoms with E-state index < -0.39 is 0 Å². The Morgan fingerprint density at radius 2 is 1.47 bits per heavy atom. The summed E-state index contributed by atoms with van der Waals surface area (Å²) in [4.78, 5) is 8.49. The van der Waals surface area contributed by atoms with Crippen LogP contribution in [0.5, 0.6) is 11.5 Å². The number of benzene rings is 4. The number of rotatable bonds is 16. The Morgan fingerprint density at radius 3 is 2.27 bits per heavy atom. The Labute approximate surface area is 340 Å². The number of nitrogens with zero attached hydrogens (tertiary/aromatic N) is 4. The Morgan fingerprint density at radius 1 is 0.782 bits per heavy atom. The van der Waals surface area contributed by atoms with E-state index in [0.29, 0.717) is 0 Å². The van der Waals surface area contributed by atoms with Gasteiger partial charge < -0.3 is 23.7 Å². The SMILES string of the molecule is CCC.COc1cc2c(cc1OSc1ccccc1NCCCCN1CCN(c3ccc(F)cc3)CC1)CCN(CCCCn1c(=S)sc3ccccc31)C2. The molecule has 0 spiro atoms. The second kappa shape index (κ2) is 21.1. The van der Waals surface area contributed by atoms with Crippen LogP contribution in [0.2, 0.25) is 0 Å². The van der Waals surface area contributed by atoms with Crippen LogP contribution in [0.1, 0.15) is 57.1 Å².